The summed E-state index contributed by atoms with van der Waals surface area (Å²) >= 11 is 0. The molecule has 63 heavy (non-hydrogen) atoms. The first kappa shape index (κ1) is 42.3. The highest BCUT2D eigenvalue weighted by atomic mass is 16.7. The van der Waals surface area contributed by atoms with E-state index < -0.39 is 36.1 Å². The summed E-state index contributed by atoms with van der Waals surface area (Å²) in [6.07, 6.45) is 5.50. The van der Waals surface area contributed by atoms with E-state index in [0.717, 1.165) is 76.6 Å². The van der Waals surface area contributed by atoms with Crippen LogP contribution in [0.5, 0.6) is 0 Å². The number of carbonyl (C=O) groups is 4. The molecule has 332 valence electrons. The van der Waals surface area contributed by atoms with Gasteiger partial charge in [0.2, 0.25) is 11.8 Å². The third-order valence-electron chi connectivity index (χ3n) is 13.3. The molecule has 9 rings (SSSR count). The highest BCUT2D eigenvalue weighted by molar-refractivity contribution is 6.05. The standard InChI is InChI=1S/C47H56N8O8/c1-25(2)38(52-45(58)60-5)43(56)54-18-8-11-36(54)42-49-34-17-13-28-21-27(12-14-30(28)40(34)51-42)29-15-16-33(32-10-7-9-31(29)32)35-23-48-41(50-35)37-22-47(62-19-20-63-47)24-55(37)44(57)39(26(3)4)53-46(59)61-6/h12-17,21,23,25-26,36-39H,7-11,18-20,22,24H2,1-6H3,(H,48,50)(H,49,51)(H,52,58)(H,53,59). The molecule has 4 unspecified atom stereocenters. The Morgan fingerprint density at radius 1 is 0.794 bits per heavy atom. The van der Waals surface area contributed by atoms with Crippen LogP contribution < -0.4 is 10.6 Å². The summed E-state index contributed by atoms with van der Waals surface area (Å²) in [6, 6.07) is 12.9. The van der Waals surface area contributed by atoms with Gasteiger partial charge in [0.05, 0.1) is 69.0 Å². The number of hydrogen-bond donors (Lipinski definition) is 4. The lowest BCUT2D eigenvalue weighted by molar-refractivity contribution is -0.153. The molecule has 3 saturated heterocycles. The van der Waals surface area contributed by atoms with Gasteiger partial charge in [-0.3, -0.25) is 9.59 Å². The van der Waals surface area contributed by atoms with Crippen LogP contribution in [0.1, 0.15) is 88.2 Å². The second-order valence-electron chi connectivity index (χ2n) is 17.9. The molecule has 3 aromatic carbocycles. The number of benzene rings is 3. The zero-order chi connectivity index (χ0) is 44.2. The molecule has 4 aliphatic rings. The van der Waals surface area contributed by atoms with Gasteiger partial charge in [0.25, 0.3) is 0 Å². The first-order valence-corrected chi connectivity index (χ1v) is 22.1. The number of ether oxygens (including phenoxy) is 4. The number of nitrogens with zero attached hydrogens (tertiary/aromatic N) is 4. The van der Waals surface area contributed by atoms with E-state index in [2.05, 4.69) is 63.1 Å². The number of aromatic nitrogens is 4. The van der Waals surface area contributed by atoms with Gasteiger partial charge in [-0.05, 0) is 83.7 Å². The fourth-order valence-electron chi connectivity index (χ4n) is 10.1. The molecule has 2 aromatic heterocycles. The van der Waals surface area contributed by atoms with Gasteiger partial charge in [-0.15, -0.1) is 0 Å². The molecule has 4 amide bonds. The van der Waals surface area contributed by atoms with Crippen molar-refractivity contribution in [2.75, 3.05) is 40.5 Å². The Morgan fingerprint density at radius 2 is 1.46 bits per heavy atom. The molecular weight excluding hydrogens is 805 g/mol. The van der Waals surface area contributed by atoms with Gasteiger partial charge in [0.15, 0.2) is 5.79 Å². The van der Waals surface area contributed by atoms with Crippen LogP contribution in [0, 0.1) is 11.8 Å². The number of fused-ring (bicyclic) bond motifs is 4. The van der Waals surface area contributed by atoms with Gasteiger partial charge in [-0.25, -0.2) is 19.6 Å². The summed E-state index contributed by atoms with van der Waals surface area (Å²) in [4.78, 5) is 72.9. The number of likely N-dealkylation sites (tertiary alicyclic amines) is 2. The Bertz CT molecular complexity index is 2580. The van der Waals surface area contributed by atoms with Gasteiger partial charge in [0, 0.05) is 23.9 Å². The summed E-state index contributed by atoms with van der Waals surface area (Å²) < 4.78 is 21.8. The number of methoxy groups -OCH3 is 2. The lowest BCUT2D eigenvalue weighted by Gasteiger charge is -2.30. The molecule has 1 aliphatic carbocycles. The largest absolute Gasteiger partial charge is 0.453 e. The van der Waals surface area contributed by atoms with Crippen molar-refractivity contribution in [2.24, 2.45) is 11.8 Å². The molecule has 4 N–H and O–H groups in total. The first-order valence-electron chi connectivity index (χ1n) is 22.1. The number of alkyl carbamates (subject to hydrolysis) is 2. The van der Waals surface area contributed by atoms with Crippen LogP contribution in [0.4, 0.5) is 9.59 Å². The van der Waals surface area contributed by atoms with E-state index in [1.54, 1.807) is 4.90 Å². The van der Waals surface area contributed by atoms with Gasteiger partial charge in [0.1, 0.15) is 23.7 Å². The predicted molar refractivity (Wildman–Crippen MR) is 234 cm³/mol. The van der Waals surface area contributed by atoms with Crippen LogP contribution >= 0.6 is 0 Å². The number of amides is 4. The van der Waals surface area contributed by atoms with E-state index in [4.69, 9.17) is 28.9 Å². The van der Waals surface area contributed by atoms with Gasteiger partial charge >= 0.3 is 12.2 Å². The number of carbonyl (C=O) groups excluding carboxylic acids is 4. The molecule has 5 heterocycles. The van der Waals surface area contributed by atoms with Crippen LogP contribution in [0.3, 0.4) is 0 Å². The summed E-state index contributed by atoms with van der Waals surface area (Å²) in [6.45, 7) is 9.29. The number of nitrogens with one attached hydrogen (secondary N) is 4. The Labute approximate surface area is 365 Å². The van der Waals surface area contributed by atoms with Crippen molar-refractivity contribution in [3.05, 3.63) is 71.4 Å². The van der Waals surface area contributed by atoms with Crippen molar-refractivity contribution >= 4 is 45.8 Å². The predicted octanol–water partition coefficient (Wildman–Crippen LogP) is 6.70. The van der Waals surface area contributed by atoms with Crippen molar-refractivity contribution in [1.82, 2.24) is 40.4 Å². The van der Waals surface area contributed by atoms with Crippen LogP contribution in [-0.2, 0) is 41.4 Å². The second kappa shape index (κ2) is 16.9. The molecular formula is C47H56N8O8. The molecule has 5 aromatic rings. The van der Waals surface area contributed by atoms with Crippen LogP contribution in [-0.4, -0.2) is 112 Å². The smallest absolute Gasteiger partial charge is 0.407 e. The zero-order valence-electron chi connectivity index (χ0n) is 36.7. The highest BCUT2D eigenvalue weighted by Crippen LogP contribution is 2.44. The number of H-pyrrole nitrogens is 2. The maximum Gasteiger partial charge on any atom is 0.407 e. The Morgan fingerprint density at radius 3 is 2.14 bits per heavy atom. The average Bonchev–Trinajstić information content (AvgIpc) is 4.15. The lowest BCUT2D eigenvalue weighted by Crippen LogP contribution is -2.52. The maximum absolute atomic E-state index is 14.1. The molecule has 1 spiro atoms. The van der Waals surface area contributed by atoms with Crippen LogP contribution in [0.15, 0.2) is 48.7 Å². The van der Waals surface area contributed by atoms with E-state index in [-0.39, 0.29) is 36.2 Å². The normalized spacial score (nSPS) is 20.3. The molecule has 3 fully saturated rings. The Balaban J connectivity index is 0.983. The van der Waals surface area contributed by atoms with E-state index in [0.29, 0.717) is 32.0 Å². The number of hydrogen-bond acceptors (Lipinski definition) is 10. The monoisotopic (exact) mass is 860 g/mol. The lowest BCUT2D eigenvalue weighted by atomic mass is 9.91. The first-order chi connectivity index (χ1) is 30.4. The van der Waals surface area contributed by atoms with Crippen LogP contribution in [0.25, 0.3) is 44.2 Å². The van der Waals surface area contributed by atoms with E-state index >= 15 is 0 Å². The van der Waals surface area contributed by atoms with Gasteiger partial charge in [-0.2, -0.15) is 0 Å². The van der Waals surface area contributed by atoms with E-state index in [1.807, 2.05) is 38.8 Å². The van der Waals surface area contributed by atoms with Crippen molar-refractivity contribution in [3.63, 3.8) is 0 Å². The molecule has 3 aliphatic heterocycles. The fraction of sp³-hybridized carbons (Fsp3) is 0.489. The minimum absolute atomic E-state index is 0.118. The van der Waals surface area contributed by atoms with Crippen molar-refractivity contribution < 1.29 is 38.1 Å². The van der Waals surface area contributed by atoms with Crippen molar-refractivity contribution in [3.8, 4) is 22.4 Å². The van der Waals surface area contributed by atoms with Gasteiger partial charge in [-0.1, -0.05) is 58.0 Å². The molecule has 0 saturated carbocycles. The van der Waals surface area contributed by atoms with Crippen LogP contribution in [0.2, 0.25) is 0 Å². The number of aromatic amines is 2. The van der Waals surface area contributed by atoms with E-state index in [9.17, 15) is 19.2 Å². The molecule has 16 nitrogen and oxygen atoms in total. The molecule has 0 bridgehead atoms. The zero-order valence-corrected chi connectivity index (χ0v) is 36.7. The third kappa shape index (κ3) is 7.77. The Hall–Kier alpha value is -6.00. The minimum Gasteiger partial charge on any atom is -0.453 e. The molecule has 0 radical (unpaired) electrons. The molecule has 4 atom stereocenters. The van der Waals surface area contributed by atoms with Gasteiger partial charge < -0.3 is 49.3 Å². The minimum atomic E-state index is -0.936. The quantitative estimate of drug-likeness (QED) is 0.117. The summed E-state index contributed by atoms with van der Waals surface area (Å²) in [7, 11) is 2.58. The molecule has 16 heteroatoms. The fourth-order valence-corrected chi connectivity index (χ4v) is 10.1. The summed E-state index contributed by atoms with van der Waals surface area (Å²) in [5.41, 5.74) is 8.65. The van der Waals surface area contributed by atoms with Crippen molar-refractivity contribution in [1.29, 1.82) is 0 Å². The Kier molecular flexibility index (Phi) is 11.4. The second-order valence-corrected chi connectivity index (χ2v) is 17.9. The SMILES string of the molecule is COC(=O)NC(C(=O)N1CC2(CC1c1ncc(-c3ccc(-c4ccc5c(ccc6[nH]c(C7CCCN7C(=O)C(NC(=O)OC)C(C)C)nc65)c4)c4c3CCC4)[nH]1)OCCO2)C(C)C. The highest BCUT2D eigenvalue weighted by Gasteiger charge is 2.53. The average molecular weight is 861 g/mol. The maximum atomic E-state index is 14.1. The number of imidazole rings is 2. The summed E-state index contributed by atoms with van der Waals surface area (Å²) in [5, 5.41) is 7.54. The topological polar surface area (TPSA) is 193 Å². The van der Waals surface area contributed by atoms with Crippen molar-refractivity contribution in [2.45, 2.75) is 96.2 Å². The summed E-state index contributed by atoms with van der Waals surface area (Å²) in [5.74, 6) is -0.255. The number of rotatable bonds is 10. The van der Waals surface area contributed by atoms with E-state index in [1.165, 1.54) is 30.9 Å². The third-order valence-corrected chi connectivity index (χ3v) is 13.3.